The fourth-order valence-electron chi connectivity index (χ4n) is 1.68. The quantitative estimate of drug-likeness (QED) is 0.809. The van der Waals surface area contributed by atoms with Crippen molar-refractivity contribution in [2.75, 3.05) is 13.8 Å². The molecule has 0 saturated heterocycles. The van der Waals surface area contributed by atoms with Crippen molar-refractivity contribution in [1.29, 1.82) is 0 Å². The molecule has 1 amide bonds. The Morgan fingerprint density at radius 1 is 1.50 bits per heavy atom. The third-order valence-corrected chi connectivity index (χ3v) is 2.69. The summed E-state index contributed by atoms with van der Waals surface area (Å²) in [7, 11) is 1.56. The van der Waals surface area contributed by atoms with Crippen LogP contribution in [-0.4, -0.2) is 25.9 Å². The van der Waals surface area contributed by atoms with E-state index in [4.69, 9.17) is 19.9 Å². The molecule has 1 atom stereocenters. The van der Waals surface area contributed by atoms with E-state index in [1.807, 2.05) is 0 Å². The molecule has 0 aromatic heterocycles. The zero-order valence-corrected chi connectivity index (χ0v) is 10.4. The molecule has 0 radical (unpaired) electrons. The molecule has 18 heavy (non-hydrogen) atoms. The lowest BCUT2D eigenvalue weighted by Gasteiger charge is -2.16. The predicted molar refractivity (Wildman–Crippen MR) is 64.6 cm³/mol. The van der Waals surface area contributed by atoms with E-state index in [0.717, 1.165) is 5.56 Å². The molecule has 1 heterocycles. The highest BCUT2D eigenvalue weighted by atomic mass is 16.7. The van der Waals surface area contributed by atoms with Crippen molar-refractivity contribution in [3.63, 3.8) is 0 Å². The van der Waals surface area contributed by atoms with Gasteiger partial charge in [0.25, 0.3) is 5.91 Å². The molecule has 0 spiro atoms. The van der Waals surface area contributed by atoms with Crippen molar-refractivity contribution in [3.05, 3.63) is 17.7 Å². The molecular formula is C12H16N2O4. The molecule has 6 heteroatoms. The predicted octanol–water partition coefficient (Wildman–Crippen LogP) is 0.387. The summed E-state index contributed by atoms with van der Waals surface area (Å²) in [5.41, 5.74) is 6.43. The Labute approximate surface area is 105 Å². The van der Waals surface area contributed by atoms with Gasteiger partial charge in [0.05, 0.1) is 0 Å². The van der Waals surface area contributed by atoms with Gasteiger partial charge in [0.15, 0.2) is 17.6 Å². The van der Waals surface area contributed by atoms with E-state index in [-0.39, 0.29) is 12.7 Å². The van der Waals surface area contributed by atoms with Crippen LogP contribution in [0.25, 0.3) is 0 Å². The fraction of sp³-hybridized carbons (Fsp3) is 0.417. The van der Waals surface area contributed by atoms with E-state index < -0.39 is 6.10 Å². The standard InChI is InChI=1S/C12H16N2O4/c1-7(12(15)14-2)18-9-4-11-10(16-6-17-11)3-8(9)5-13/h3-4,7H,5-6,13H2,1-2H3,(H,14,15). The van der Waals surface area contributed by atoms with E-state index in [9.17, 15) is 4.79 Å². The third kappa shape index (κ3) is 2.33. The second kappa shape index (κ2) is 5.14. The number of ether oxygens (including phenoxy) is 3. The molecular weight excluding hydrogens is 236 g/mol. The summed E-state index contributed by atoms with van der Waals surface area (Å²) in [4.78, 5) is 11.4. The lowest BCUT2D eigenvalue weighted by Crippen LogP contribution is -2.34. The normalized spacial score (nSPS) is 14.2. The first-order valence-electron chi connectivity index (χ1n) is 5.66. The van der Waals surface area contributed by atoms with Gasteiger partial charge in [0.2, 0.25) is 6.79 Å². The first-order chi connectivity index (χ1) is 8.65. The van der Waals surface area contributed by atoms with Crippen molar-refractivity contribution in [2.45, 2.75) is 19.6 Å². The van der Waals surface area contributed by atoms with Crippen molar-refractivity contribution in [1.82, 2.24) is 5.32 Å². The van der Waals surface area contributed by atoms with Gasteiger partial charge < -0.3 is 25.3 Å². The molecule has 1 unspecified atom stereocenters. The largest absolute Gasteiger partial charge is 0.480 e. The van der Waals surface area contributed by atoms with Crippen LogP contribution < -0.4 is 25.3 Å². The molecule has 6 nitrogen and oxygen atoms in total. The number of rotatable bonds is 4. The molecule has 3 N–H and O–H groups in total. The molecule has 1 aromatic carbocycles. The van der Waals surface area contributed by atoms with Crippen LogP contribution in [0.5, 0.6) is 17.2 Å². The second-order valence-corrected chi connectivity index (χ2v) is 3.89. The van der Waals surface area contributed by atoms with E-state index >= 15 is 0 Å². The highest BCUT2D eigenvalue weighted by molar-refractivity contribution is 5.80. The average molecular weight is 252 g/mol. The summed E-state index contributed by atoms with van der Waals surface area (Å²) >= 11 is 0. The fourth-order valence-corrected chi connectivity index (χ4v) is 1.68. The second-order valence-electron chi connectivity index (χ2n) is 3.89. The summed E-state index contributed by atoms with van der Waals surface area (Å²) in [6.45, 7) is 2.16. The number of hydrogen-bond donors (Lipinski definition) is 2. The summed E-state index contributed by atoms with van der Waals surface area (Å²) in [6, 6.07) is 3.47. The highest BCUT2D eigenvalue weighted by Gasteiger charge is 2.20. The molecule has 0 aliphatic carbocycles. The number of likely N-dealkylation sites (N-methyl/N-ethyl adjacent to an activating group) is 1. The van der Waals surface area contributed by atoms with E-state index in [2.05, 4.69) is 5.32 Å². The number of carbonyl (C=O) groups excluding carboxylic acids is 1. The Morgan fingerprint density at radius 2 is 2.17 bits per heavy atom. The average Bonchev–Trinajstić information content (AvgIpc) is 2.83. The zero-order valence-electron chi connectivity index (χ0n) is 10.4. The summed E-state index contributed by atoms with van der Waals surface area (Å²) in [5.74, 6) is 1.59. The van der Waals surface area contributed by atoms with Gasteiger partial charge in [-0.05, 0) is 13.0 Å². The maximum Gasteiger partial charge on any atom is 0.260 e. The van der Waals surface area contributed by atoms with Crippen LogP contribution in [0, 0.1) is 0 Å². The highest BCUT2D eigenvalue weighted by Crippen LogP contribution is 2.38. The molecule has 98 valence electrons. The number of nitrogens with two attached hydrogens (primary N) is 1. The maximum atomic E-state index is 11.4. The van der Waals surface area contributed by atoms with Gasteiger partial charge in [-0.1, -0.05) is 0 Å². The monoisotopic (exact) mass is 252 g/mol. The first-order valence-corrected chi connectivity index (χ1v) is 5.66. The van der Waals surface area contributed by atoms with E-state index in [1.165, 1.54) is 0 Å². The smallest absolute Gasteiger partial charge is 0.260 e. The number of carbonyl (C=O) groups is 1. The van der Waals surface area contributed by atoms with Crippen LogP contribution in [0.1, 0.15) is 12.5 Å². The Hall–Kier alpha value is -1.95. The third-order valence-electron chi connectivity index (χ3n) is 2.69. The van der Waals surface area contributed by atoms with E-state index in [1.54, 1.807) is 26.1 Å². The molecule has 0 fully saturated rings. The van der Waals surface area contributed by atoms with Crippen LogP contribution >= 0.6 is 0 Å². The van der Waals surface area contributed by atoms with Gasteiger partial charge >= 0.3 is 0 Å². The summed E-state index contributed by atoms with van der Waals surface area (Å²) in [5, 5.41) is 2.52. The zero-order chi connectivity index (χ0) is 13.1. The Kier molecular flexibility index (Phi) is 3.57. The first kappa shape index (κ1) is 12.5. The molecule has 2 rings (SSSR count). The lowest BCUT2D eigenvalue weighted by atomic mass is 10.1. The maximum absolute atomic E-state index is 11.4. The van der Waals surface area contributed by atoms with Crippen molar-refractivity contribution < 1.29 is 19.0 Å². The van der Waals surface area contributed by atoms with Crippen LogP contribution in [0.4, 0.5) is 0 Å². The summed E-state index contributed by atoms with van der Waals surface area (Å²) in [6.07, 6.45) is -0.597. The topological polar surface area (TPSA) is 82.8 Å². The molecule has 1 aromatic rings. The number of hydrogen-bond acceptors (Lipinski definition) is 5. The van der Waals surface area contributed by atoms with Gasteiger partial charge in [0, 0.05) is 25.2 Å². The van der Waals surface area contributed by atoms with E-state index in [0.29, 0.717) is 23.8 Å². The van der Waals surface area contributed by atoms with Crippen LogP contribution in [0.15, 0.2) is 12.1 Å². The number of amides is 1. The Morgan fingerprint density at radius 3 is 2.78 bits per heavy atom. The minimum atomic E-state index is -0.597. The minimum absolute atomic E-state index is 0.188. The van der Waals surface area contributed by atoms with Crippen molar-refractivity contribution in [3.8, 4) is 17.2 Å². The molecule has 1 aliphatic heterocycles. The SMILES string of the molecule is CNC(=O)C(C)Oc1cc2c(cc1CN)OCO2. The van der Waals surface area contributed by atoms with Gasteiger partial charge in [0.1, 0.15) is 5.75 Å². The van der Waals surface area contributed by atoms with Crippen molar-refractivity contribution >= 4 is 5.91 Å². The minimum Gasteiger partial charge on any atom is -0.480 e. The molecule has 0 bridgehead atoms. The van der Waals surface area contributed by atoms with Gasteiger partial charge in [-0.25, -0.2) is 0 Å². The van der Waals surface area contributed by atoms with Gasteiger partial charge in [-0.2, -0.15) is 0 Å². The number of nitrogens with one attached hydrogen (secondary N) is 1. The van der Waals surface area contributed by atoms with Crippen LogP contribution in [0.3, 0.4) is 0 Å². The van der Waals surface area contributed by atoms with Gasteiger partial charge in [-0.15, -0.1) is 0 Å². The number of fused-ring (bicyclic) bond motifs is 1. The van der Waals surface area contributed by atoms with Crippen LogP contribution in [0.2, 0.25) is 0 Å². The Bertz CT molecular complexity index is 462. The molecule has 0 saturated carbocycles. The lowest BCUT2D eigenvalue weighted by molar-refractivity contribution is -0.126. The van der Waals surface area contributed by atoms with Gasteiger partial charge in [-0.3, -0.25) is 4.79 Å². The number of benzene rings is 1. The summed E-state index contributed by atoms with van der Waals surface area (Å²) < 4.78 is 16.1. The van der Waals surface area contributed by atoms with Crippen LogP contribution in [-0.2, 0) is 11.3 Å². The van der Waals surface area contributed by atoms with Crippen molar-refractivity contribution in [2.24, 2.45) is 5.73 Å². The Balaban J connectivity index is 2.24. The molecule has 1 aliphatic rings.